The zero-order valence-corrected chi connectivity index (χ0v) is 13.6. The zero-order chi connectivity index (χ0) is 14.4. The number of likely N-dealkylation sites (N-methyl/N-ethyl adjacent to an activating group) is 2. The van der Waals surface area contributed by atoms with Gasteiger partial charge in [0, 0.05) is 43.3 Å². The van der Waals surface area contributed by atoms with E-state index in [9.17, 15) is 0 Å². The van der Waals surface area contributed by atoms with Crippen molar-refractivity contribution in [3.8, 4) is 0 Å². The first kappa shape index (κ1) is 14.8. The van der Waals surface area contributed by atoms with Gasteiger partial charge in [0.2, 0.25) is 0 Å². The highest BCUT2D eigenvalue weighted by molar-refractivity contribution is 5.06. The van der Waals surface area contributed by atoms with E-state index in [0.717, 1.165) is 12.6 Å². The van der Waals surface area contributed by atoms with Crippen molar-refractivity contribution in [1.82, 2.24) is 14.7 Å². The maximum atomic E-state index is 6.22. The highest BCUT2D eigenvalue weighted by atomic mass is 15.3. The van der Waals surface area contributed by atoms with Crippen LogP contribution in [0.4, 0.5) is 0 Å². The summed E-state index contributed by atoms with van der Waals surface area (Å²) < 4.78 is 0. The van der Waals surface area contributed by atoms with Crippen LogP contribution in [-0.4, -0.2) is 79.1 Å². The van der Waals surface area contributed by atoms with E-state index in [1.807, 2.05) is 0 Å². The molecule has 0 aromatic rings. The summed E-state index contributed by atoms with van der Waals surface area (Å²) in [6, 6.07) is 0.878. The lowest BCUT2D eigenvalue weighted by atomic mass is 9.74. The second kappa shape index (κ2) is 5.24. The molecule has 3 rings (SSSR count). The Morgan fingerprint density at radius 3 is 2.25 bits per heavy atom. The fourth-order valence-corrected chi connectivity index (χ4v) is 4.21. The smallest absolute Gasteiger partial charge is 0.0468 e. The number of nitrogens with zero attached hydrogens (tertiary/aromatic N) is 3. The molecule has 2 aliphatic carbocycles. The second-order valence-corrected chi connectivity index (χ2v) is 7.71. The Morgan fingerprint density at radius 1 is 1.10 bits per heavy atom. The lowest BCUT2D eigenvalue weighted by molar-refractivity contribution is -0.00551. The van der Waals surface area contributed by atoms with Gasteiger partial charge in [0.1, 0.15) is 0 Å². The van der Waals surface area contributed by atoms with Crippen molar-refractivity contribution in [2.75, 3.05) is 47.3 Å². The van der Waals surface area contributed by atoms with Gasteiger partial charge in [-0.3, -0.25) is 9.80 Å². The highest BCUT2D eigenvalue weighted by Crippen LogP contribution is 2.40. The molecule has 1 saturated heterocycles. The second-order valence-electron chi connectivity index (χ2n) is 7.71. The number of likely N-dealkylation sites (tertiary alicyclic amines) is 1. The summed E-state index contributed by atoms with van der Waals surface area (Å²) >= 11 is 0. The van der Waals surface area contributed by atoms with Crippen LogP contribution < -0.4 is 5.73 Å². The molecule has 4 nitrogen and oxygen atoms in total. The molecule has 1 atom stereocenters. The molecule has 3 aliphatic rings. The third-order valence-electron chi connectivity index (χ3n) is 6.38. The third-order valence-corrected chi connectivity index (χ3v) is 6.38. The lowest BCUT2D eigenvalue weighted by Gasteiger charge is -2.52. The Morgan fingerprint density at radius 2 is 1.80 bits per heavy atom. The van der Waals surface area contributed by atoms with Crippen molar-refractivity contribution in [2.45, 2.75) is 55.6 Å². The Kier molecular flexibility index (Phi) is 3.87. The minimum Gasteiger partial charge on any atom is -0.329 e. The van der Waals surface area contributed by atoms with Gasteiger partial charge in [0.05, 0.1) is 0 Å². The van der Waals surface area contributed by atoms with Crippen LogP contribution in [-0.2, 0) is 0 Å². The predicted octanol–water partition coefficient (Wildman–Crippen LogP) is 0.968. The number of rotatable bonds is 6. The first-order valence-corrected chi connectivity index (χ1v) is 8.34. The summed E-state index contributed by atoms with van der Waals surface area (Å²) in [6.07, 6.45) is 8.14. The molecule has 1 aliphatic heterocycles. The van der Waals surface area contributed by atoms with E-state index in [2.05, 4.69) is 35.8 Å². The van der Waals surface area contributed by atoms with E-state index in [1.54, 1.807) is 0 Å². The Balaban J connectivity index is 1.66. The van der Waals surface area contributed by atoms with Crippen LogP contribution in [0.1, 0.15) is 38.5 Å². The standard InChI is InChI=1S/C16H32N4/c1-18(2)15(7-4-8-15)12-19(3)16(11-17)9-10-20(13-16)14-5-6-14/h14H,4-13,17H2,1-3H3. The lowest BCUT2D eigenvalue weighted by Crippen LogP contribution is -2.63. The summed E-state index contributed by atoms with van der Waals surface area (Å²) in [6.45, 7) is 4.42. The molecule has 4 heteroatoms. The largest absolute Gasteiger partial charge is 0.329 e. The molecular formula is C16H32N4. The Labute approximate surface area is 124 Å². The molecule has 0 amide bonds. The monoisotopic (exact) mass is 280 g/mol. The van der Waals surface area contributed by atoms with E-state index in [1.165, 1.54) is 58.2 Å². The average molecular weight is 280 g/mol. The summed E-state index contributed by atoms with van der Waals surface area (Å²) in [4.78, 5) is 7.74. The molecule has 2 N–H and O–H groups in total. The van der Waals surface area contributed by atoms with Crippen molar-refractivity contribution in [3.05, 3.63) is 0 Å². The molecule has 0 aromatic heterocycles. The van der Waals surface area contributed by atoms with Crippen molar-refractivity contribution in [3.63, 3.8) is 0 Å². The minimum absolute atomic E-state index is 0.223. The van der Waals surface area contributed by atoms with E-state index in [4.69, 9.17) is 5.73 Å². The van der Waals surface area contributed by atoms with Crippen LogP contribution in [0.25, 0.3) is 0 Å². The van der Waals surface area contributed by atoms with Crippen LogP contribution >= 0.6 is 0 Å². The van der Waals surface area contributed by atoms with Gasteiger partial charge in [0.15, 0.2) is 0 Å². The fraction of sp³-hybridized carbons (Fsp3) is 1.00. The van der Waals surface area contributed by atoms with E-state index in [-0.39, 0.29) is 5.54 Å². The SMILES string of the molecule is CN(C)C1(CN(C)C2(CN)CCN(C3CC3)C2)CCC1. The zero-order valence-electron chi connectivity index (χ0n) is 13.6. The van der Waals surface area contributed by atoms with E-state index in [0.29, 0.717) is 5.54 Å². The van der Waals surface area contributed by atoms with Crippen molar-refractivity contribution in [1.29, 1.82) is 0 Å². The maximum absolute atomic E-state index is 6.22. The molecule has 3 fully saturated rings. The highest BCUT2D eigenvalue weighted by Gasteiger charge is 2.48. The number of nitrogens with two attached hydrogens (primary N) is 1. The molecule has 20 heavy (non-hydrogen) atoms. The van der Waals surface area contributed by atoms with Gasteiger partial charge in [0.25, 0.3) is 0 Å². The number of hydrogen-bond acceptors (Lipinski definition) is 4. The van der Waals surface area contributed by atoms with Gasteiger partial charge in [-0.2, -0.15) is 0 Å². The Bertz CT molecular complexity index is 348. The predicted molar refractivity (Wildman–Crippen MR) is 83.9 cm³/mol. The van der Waals surface area contributed by atoms with Gasteiger partial charge in [-0.1, -0.05) is 0 Å². The fourth-order valence-electron chi connectivity index (χ4n) is 4.21. The quantitative estimate of drug-likeness (QED) is 0.786. The van der Waals surface area contributed by atoms with Gasteiger partial charge in [-0.05, 0) is 59.7 Å². The molecule has 2 saturated carbocycles. The topological polar surface area (TPSA) is 35.7 Å². The Hall–Kier alpha value is -0.160. The molecule has 1 heterocycles. The summed E-state index contributed by atoms with van der Waals surface area (Å²) in [5.74, 6) is 0. The van der Waals surface area contributed by atoms with Crippen LogP contribution in [0.3, 0.4) is 0 Å². The molecule has 0 aromatic carbocycles. The summed E-state index contributed by atoms with van der Waals surface area (Å²) in [5.41, 5.74) is 6.86. The average Bonchev–Trinajstić information content (AvgIpc) is 3.13. The minimum atomic E-state index is 0.223. The van der Waals surface area contributed by atoms with Crippen LogP contribution in [0, 0.1) is 0 Å². The van der Waals surface area contributed by atoms with Crippen LogP contribution in [0.2, 0.25) is 0 Å². The third kappa shape index (κ3) is 2.41. The summed E-state index contributed by atoms with van der Waals surface area (Å²) in [5, 5.41) is 0. The molecular weight excluding hydrogens is 248 g/mol. The van der Waals surface area contributed by atoms with Crippen LogP contribution in [0.15, 0.2) is 0 Å². The van der Waals surface area contributed by atoms with Gasteiger partial charge in [-0.15, -0.1) is 0 Å². The molecule has 0 radical (unpaired) electrons. The molecule has 116 valence electrons. The van der Waals surface area contributed by atoms with Gasteiger partial charge >= 0.3 is 0 Å². The summed E-state index contributed by atoms with van der Waals surface area (Å²) in [7, 11) is 6.80. The van der Waals surface area contributed by atoms with Crippen LogP contribution in [0.5, 0.6) is 0 Å². The van der Waals surface area contributed by atoms with E-state index >= 15 is 0 Å². The van der Waals surface area contributed by atoms with E-state index < -0.39 is 0 Å². The molecule has 0 bridgehead atoms. The normalized spacial score (nSPS) is 33.9. The van der Waals surface area contributed by atoms with Gasteiger partial charge < -0.3 is 10.6 Å². The van der Waals surface area contributed by atoms with Crippen molar-refractivity contribution in [2.24, 2.45) is 5.73 Å². The first-order valence-electron chi connectivity index (χ1n) is 8.34. The molecule has 1 unspecified atom stereocenters. The molecule has 0 spiro atoms. The maximum Gasteiger partial charge on any atom is 0.0468 e. The van der Waals surface area contributed by atoms with Gasteiger partial charge in [-0.25, -0.2) is 0 Å². The first-order chi connectivity index (χ1) is 9.51. The number of hydrogen-bond donors (Lipinski definition) is 1. The van der Waals surface area contributed by atoms with Crippen molar-refractivity contribution < 1.29 is 0 Å². The van der Waals surface area contributed by atoms with Crippen molar-refractivity contribution >= 4 is 0 Å².